The number of amides is 1. The van der Waals surface area contributed by atoms with Gasteiger partial charge in [0, 0.05) is 13.1 Å². The second-order valence-corrected chi connectivity index (χ2v) is 3.54. The highest BCUT2D eigenvalue weighted by Gasteiger charge is 2.28. The quantitative estimate of drug-likeness (QED) is 0.725. The van der Waals surface area contributed by atoms with Gasteiger partial charge in [0.05, 0.1) is 12.5 Å². The normalized spacial score (nSPS) is 16.5. The van der Waals surface area contributed by atoms with Gasteiger partial charge in [-0.05, 0) is 11.6 Å². The topological polar surface area (TPSA) is 40.5 Å². The van der Waals surface area contributed by atoms with E-state index in [1.165, 1.54) is 0 Å². The maximum absolute atomic E-state index is 11.5. The number of hydrogen-bond donors (Lipinski definition) is 1. The molecule has 14 heavy (non-hydrogen) atoms. The molecule has 0 atom stereocenters. The van der Waals surface area contributed by atoms with Crippen LogP contribution in [-0.2, 0) is 11.2 Å². The second kappa shape index (κ2) is 3.80. The van der Waals surface area contributed by atoms with Gasteiger partial charge in [-0.25, -0.2) is 0 Å². The Labute approximate surface area is 83.0 Å². The lowest BCUT2D eigenvalue weighted by Gasteiger charge is -2.35. The van der Waals surface area contributed by atoms with Crippen LogP contribution < -0.4 is 0 Å². The molecule has 1 aliphatic heterocycles. The molecular weight excluding hydrogens is 178 g/mol. The molecular formula is C11H12NO2. The first-order valence-corrected chi connectivity index (χ1v) is 4.66. The van der Waals surface area contributed by atoms with E-state index in [0.29, 0.717) is 19.5 Å². The van der Waals surface area contributed by atoms with Crippen molar-refractivity contribution in [2.24, 2.45) is 0 Å². The van der Waals surface area contributed by atoms with E-state index in [9.17, 15) is 4.79 Å². The van der Waals surface area contributed by atoms with Crippen molar-refractivity contribution in [2.75, 3.05) is 13.1 Å². The third kappa shape index (κ3) is 1.93. The molecule has 1 aliphatic rings. The van der Waals surface area contributed by atoms with E-state index < -0.39 is 0 Å². The summed E-state index contributed by atoms with van der Waals surface area (Å²) in [5.74, 6) is 0.0847. The molecule has 3 nitrogen and oxygen atoms in total. The predicted molar refractivity (Wildman–Crippen MR) is 51.6 cm³/mol. The Balaban J connectivity index is 1.89. The van der Waals surface area contributed by atoms with Crippen LogP contribution in [0, 0.1) is 6.07 Å². The average molecular weight is 190 g/mol. The number of carbonyl (C=O) groups excluding carboxylic acids is 1. The van der Waals surface area contributed by atoms with Crippen molar-refractivity contribution < 1.29 is 9.90 Å². The third-order valence-corrected chi connectivity index (χ3v) is 2.36. The fourth-order valence-corrected chi connectivity index (χ4v) is 1.48. The summed E-state index contributed by atoms with van der Waals surface area (Å²) in [5, 5.41) is 9.03. The Hall–Kier alpha value is -1.35. The summed E-state index contributed by atoms with van der Waals surface area (Å²) in [6.45, 7) is 0.968. The molecule has 1 aromatic rings. The van der Waals surface area contributed by atoms with Gasteiger partial charge < -0.3 is 10.0 Å². The van der Waals surface area contributed by atoms with Gasteiger partial charge >= 0.3 is 0 Å². The van der Waals surface area contributed by atoms with Crippen LogP contribution in [0.1, 0.15) is 5.56 Å². The summed E-state index contributed by atoms with van der Waals surface area (Å²) >= 11 is 0. The van der Waals surface area contributed by atoms with Crippen molar-refractivity contribution in [1.29, 1.82) is 0 Å². The maximum Gasteiger partial charge on any atom is 0.227 e. The van der Waals surface area contributed by atoms with Gasteiger partial charge in [-0.1, -0.05) is 24.3 Å². The molecule has 73 valence electrons. The largest absolute Gasteiger partial charge is 0.389 e. The van der Waals surface area contributed by atoms with E-state index in [2.05, 4.69) is 6.07 Å². The molecule has 1 fully saturated rings. The fraction of sp³-hybridized carbons (Fsp3) is 0.364. The molecule has 0 unspecified atom stereocenters. The Bertz CT molecular complexity index is 317. The number of likely N-dealkylation sites (tertiary alicyclic amines) is 1. The number of rotatable bonds is 2. The number of aliphatic hydroxyl groups excluding tert-OH is 1. The van der Waals surface area contributed by atoms with Gasteiger partial charge in [0.1, 0.15) is 0 Å². The molecule has 1 radical (unpaired) electrons. The summed E-state index contributed by atoms with van der Waals surface area (Å²) in [7, 11) is 0. The van der Waals surface area contributed by atoms with Crippen LogP contribution in [0.25, 0.3) is 0 Å². The molecule has 3 heteroatoms. The second-order valence-electron chi connectivity index (χ2n) is 3.54. The van der Waals surface area contributed by atoms with E-state index in [1.807, 2.05) is 12.1 Å². The first kappa shape index (κ1) is 9.21. The zero-order valence-electron chi connectivity index (χ0n) is 7.81. The summed E-state index contributed by atoms with van der Waals surface area (Å²) in [5.41, 5.74) is 0.995. The SMILES string of the molecule is O=C(Cc1cc[c]cc1)N1CC(O)C1. The number of β-amino-alcohol motifs (C(OH)–C–C–N with tert-alkyl or cyclic N) is 1. The number of hydrogen-bond acceptors (Lipinski definition) is 2. The highest BCUT2D eigenvalue weighted by Crippen LogP contribution is 2.10. The Kier molecular flexibility index (Phi) is 2.50. The van der Waals surface area contributed by atoms with Crippen LogP contribution in [0.3, 0.4) is 0 Å². The van der Waals surface area contributed by atoms with E-state index in [1.54, 1.807) is 17.0 Å². The Morgan fingerprint density at radius 1 is 1.50 bits per heavy atom. The minimum Gasteiger partial charge on any atom is -0.389 e. The predicted octanol–water partition coefficient (Wildman–Crippen LogP) is 0.232. The third-order valence-electron chi connectivity index (χ3n) is 2.36. The minimum absolute atomic E-state index is 0.0847. The van der Waals surface area contributed by atoms with Crippen LogP contribution in [0.4, 0.5) is 0 Å². The first-order valence-electron chi connectivity index (χ1n) is 4.66. The fourth-order valence-electron chi connectivity index (χ4n) is 1.48. The number of aliphatic hydroxyl groups is 1. The Morgan fingerprint density at radius 3 is 2.71 bits per heavy atom. The van der Waals surface area contributed by atoms with Gasteiger partial charge in [0.2, 0.25) is 5.91 Å². The van der Waals surface area contributed by atoms with Crippen LogP contribution in [0.2, 0.25) is 0 Å². The zero-order valence-corrected chi connectivity index (χ0v) is 7.81. The molecule has 1 amide bonds. The van der Waals surface area contributed by atoms with E-state index in [0.717, 1.165) is 5.56 Å². The van der Waals surface area contributed by atoms with E-state index >= 15 is 0 Å². The lowest BCUT2D eigenvalue weighted by molar-refractivity contribution is -0.140. The van der Waals surface area contributed by atoms with Gasteiger partial charge in [-0.3, -0.25) is 4.79 Å². The van der Waals surface area contributed by atoms with Gasteiger partial charge in [-0.2, -0.15) is 0 Å². The molecule has 0 spiro atoms. The number of carbonyl (C=O) groups is 1. The van der Waals surface area contributed by atoms with Crippen molar-refractivity contribution in [3.63, 3.8) is 0 Å². The number of benzene rings is 1. The van der Waals surface area contributed by atoms with Crippen LogP contribution in [0.5, 0.6) is 0 Å². The average Bonchev–Trinajstić information content (AvgIpc) is 2.14. The summed E-state index contributed by atoms with van der Waals surface area (Å²) in [4.78, 5) is 13.2. The molecule has 0 bridgehead atoms. The Morgan fingerprint density at radius 2 is 2.14 bits per heavy atom. The zero-order chi connectivity index (χ0) is 9.97. The summed E-state index contributed by atoms with van der Waals surface area (Å²) < 4.78 is 0. The molecule has 0 saturated carbocycles. The summed E-state index contributed by atoms with van der Waals surface area (Å²) in [6.07, 6.45) is 0.101. The maximum atomic E-state index is 11.5. The highest BCUT2D eigenvalue weighted by molar-refractivity contribution is 5.79. The van der Waals surface area contributed by atoms with Gasteiger partial charge in [-0.15, -0.1) is 0 Å². The lowest BCUT2D eigenvalue weighted by atomic mass is 10.1. The van der Waals surface area contributed by atoms with Crippen molar-refractivity contribution in [1.82, 2.24) is 4.90 Å². The van der Waals surface area contributed by atoms with Crippen molar-refractivity contribution in [3.8, 4) is 0 Å². The smallest absolute Gasteiger partial charge is 0.227 e. The molecule has 1 heterocycles. The summed E-state index contributed by atoms with van der Waals surface area (Å²) in [6, 6.07) is 10.3. The van der Waals surface area contributed by atoms with Crippen LogP contribution in [-0.4, -0.2) is 35.1 Å². The molecule has 2 rings (SSSR count). The van der Waals surface area contributed by atoms with Crippen LogP contribution >= 0.6 is 0 Å². The van der Waals surface area contributed by atoms with E-state index in [4.69, 9.17) is 5.11 Å². The van der Waals surface area contributed by atoms with Gasteiger partial charge in [0.25, 0.3) is 0 Å². The van der Waals surface area contributed by atoms with E-state index in [-0.39, 0.29) is 12.0 Å². The molecule has 1 aromatic carbocycles. The van der Waals surface area contributed by atoms with Crippen LogP contribution in [0.15, 0.2) is 24.3 Å². The highest BCUT2D eigenvalue weighted by atomic mass is 16.3. The molecule has 0 aromatic heterocycles. The molecule has 0 aliphatic carbocycles. The monoisotopic (exact) mass is 190 g/mol. The molecule has 1 N–H and O–H groups in total. The van der Waals surface area contributed by atoms with Crippen molar-refractivity contribution in [2.45, 2.75) is 12.5 Å². The number of nitrogens with zero attached hydrogens (tertiary/aromatic N) is 1. The standard InChI is InChI=1S/C11H12NO2/c13-10-7-12(8-10)11(14)6-9-4-2-1-3-5-9/h2-5,10,13H,6-8H2. The molecule has 1 saturated heterocycles. The minimum atomic E-state index is -0.317. The first-order chi connectivity index (χ1) is 6.75. The van der Waals surface area contributed by atoms with Gasteiger partial charge in [0.15, 0.2) is 0 Å². The van der Waals surface area contributed by atoms with Crippen molar-refractivity contribution >= 4 is 5.91 Å². The van der Waals surface area contributed by atoms with Crippen molar-refractivity contribution in [3.05, 3.63) is 35.9 Å². The lowest BCUT2D eigenvalue weighted by Crippen LogP contribution is -2.53.